The van der Waals surface area contributed by atoms with Crippen molar-refractivity contribution in [2.45, 2.75) is 33.3 Å². The first-order valence-electron chi connectivity index (χ1n) is 7.70. The second-order valence-electron chi connectivity index (χ2n) is 5.56. The molecule has 2 rings (SSSR count). The minimum atomic E-state index is -0.675. The number of anilines is 1. The van der Waals surface area contributed by atoms with Gasteiger partial charge in [-0.25, -0.2) is 0 Å². The number of non-ortho nitro benzene ring substituents is 1. The zero-order chi connectivity index (χ0) is 17.7. The summed E-state index contributed by atoms with van der Waals surface area (Å²) < 4.78 is 5.77. The van der Waals surface area contributed by atoms with Gasteiger partial charge < -0.3 is 10.1 Å². The number of rotatable bonds is 6. The third-order valence-corrected chi connectivity index (χ3v) is 3.74. The SMILES string of the molecule is CCC(Oc1ccc(C)c(C)c1)C(=O)Nc1cccc([N+](=O)[O-])c1. The van der Waals surface area contributed by atoms with Gasteiger partial charge in [0.2, 0.25) is 0 Å². The van der Waals surface area contributed by atoms with E-state index in [0.29, 0.717) is 17.9 Å². The standard InChI is InChI=1S/C18H20N2O4/c1-4-17(24-16-9-8-12(2)13(3)10-16)18(21)19-14-6-5-7-15(11-14)20(22)23/h5-11,17H,4H2,1-3H3,(H,19,21). The van der Waals surface area contributed by atoms with Gasteiger partial charge in [0.1, 0.15) is 5.75 Å². The van der Waals surface area contributed by atoms with Crippen LogP contribution in [0.25, 0.3) is 0 Å². The predicted octanol–water partition coefficient (Wildman–Crippen LogP) is 4.01. The van der Waals surface area contributed by atoms with E-state index in [1.165, 1.54) is 18.2 Å². The Balaban J connectivity index is 2.09. The van der Waals surface area contributed by atoms with Crippen molar-refractivity contribution in [1.29, 1.82) is 0 Å². The second kappa shape index (κ2) is 7.59. The molecule has 0 saturated heterocycles. The molecule has 0 spiro atoms. The van der Waals surface area contributed by atoms with E-state index in [1.807, 2.05) is 39.0 Å². The Bertz CT molecular complexity index is 758. The normalized spacial score (nSPS) is 11.6. The van der Waals surface area contributed by atoms with Crippen molar-refractivity contribution in [3.63, 3.8) is 0 Å². The number of amides is 1. The minimum absolute atomic E-state index is 0.0732. The molecule has 0 aliphatic carbocycles. The van der Waals surface area contributed by atoms with E-state index in [4.69, 9.17) is 4.74 Å². The fraction of sp³-hybridized carbons (Fsp3) is 0.278. The van der Waals surface area contributed by atoms with Crippen molar-refractivity contribution in [2.75, 3.05) is 5.32 Å². The third kappa shape index (κ3) is 4.32. The highest BCUT2D eigenvalue weighted by Crippen LogP contribution is 2.20. The Morgan fingerprint density at radius 2 is 1.96 bits per heavy atom. The molecule has 1 amide bonds. The molecular weight excluding hydrogens is 308 g/mol. The van der Waals surface area contributed by atoms with Gasteiger partial charge in [0, 0.05) is 17.8 Å². The molecule has 126 valence electrons. The lowest BCUT2D eigenvalue weighted by molar-refractivity contribution is -0.384. The van der Waals surface area contributed by atoms with Crippen LogP contribution in [0.1, 0.15) is 24.5 Å². The van der Waals surface area contributed by atoms with Gasteiger partial charge in [0.15, 0.2) is 6.10 Å². The Kier molecular flexibility index (Phi) is 5.52. The number of hydrogen-bond donors (Lipinski definition) is 1. The van der Waals surface area contributed by atoms with E-state index in [-0.39, 0.29) is 11.6 Å². The Morgan fingerprint density at radius 3 is 2.58 bits per heavy atom. The van der Waals surface area contributed by atoms with E-state index >= 15 is 0 Å². The predicted molar refractivity (Wildman–Crippen MR) is 92.3 cm³/mol. The number of nitro benzene ring substituents is 1. The van der Waals surface area contributed by atoms with Gasteiger partial charge in [-0.1, -0.05) is 19.1 Å². The molecule has 0 radical (unpaired) electrons. The fourth-order valence-corrected chi connectivity index (χ4v) is 2.19. The molecule has 0 heterocycles. The van der Waals surface area contributed by atoms with Crippen LogP contribution in [0.5, 0.6) is 5.75 Å². The first-order valence-corrected chi connectivity index (χ1v) is 7.70. The maximum Gasteiger partial charge on any atom is 0.271 e. The molecule has 6 heteroatoms. The molecule has 0 aliphatic rings. The van der Waals surface area contributed by atoms with Gasteiger partial charge in [0.25, 0.3) is 11.6 Å². The summed E-state index contributed by atoms with van der Waals surface area (Å²) in [5.74, 6) is 0.287. The monoisotopic (exact) mass is 328 g/mol. The van der Waals surface area contributed by atoms with Crippen LogP contribution in [-0.2, 0) is 4.79 Å². The highest BCUT2D eigenvalue weighted by Gasteiger charge is 2.19. The van der Waals surface area contributed by atoms with Gasteiger partial charge in [-0.3, -0.25) is 14.9 Å². The largest absolute Gasteiger partial charge is 0.481 e. The van der Waals surface area contributed by atoms with Gasteiger partial charge in [-0.15, -0.1) is 0 Å². The number of aryl methyl sites for hydroxylation is 2. The first-order chi connectivity index (χ1) is 11.4. The molecule has 0 bridgehead atoms. The summed E-state index contributed by atoms with van der Waals surface area (Å²) in [4.78, 5) is 22.7. The highest BCUT2D eigenvalue weighted by molar-refractivity contribution is 5.94. The maximum atomic E-state index is 12.4. The van der Waals surface area contributed by atoms with Crippen LogP contribution in [0, 0.1) is 24.0 Å². The number of benzene rings is 2. The van der Waals surface area contributed by atoms with Crippen LogP contribution in [0.15, 0.2) is 42.5 Å². The highest BCUT2D eigenvalue weighted by atomic mass is 16.6. The molecule has 0 aliphatic heterocycles. The Morgan fingerprint density at radius 1 is 1.21 bits per heavy atom. The first kappa shape index (κ1) is 17.5. The van der Waals surface area contributed by atoms with Crippen LogP contribution in [0.4, 0.5) is 11.4 Å². The van der Waals surface area contributed by atoms with E-state index in [9.17, 15) is 14.9 Å². The van der Waals surface area contributed by atoms with Gasteiger partial charge in [-0.05, 0) is 49.6 Å². The summed E-state index contributed by atoms with van der Waals surface area (Å²) in [6.45, 7) is 5.83. The summed E-state index contributed by atoms with van der Waals surface area (Å²) in [5.41, 5.74) is 2.53. The minimum Gasteiger partial charge on any atom is -0.481 e. The van der Waals surface area contributed by atoms with E-state index < -0.39 is 11.0 Å². The Hall–Kier alpha value is -2.89. The molecule has 1 atom stereocenters. The molecular formula is C18H20N2O4. The number of carbonyl (C=O) groups excluding carboxylic acids is 1. The van der Waals surface area contributed by atoms with Gasteiger partial charge >= 0.3 is 0 Å². The van der Waals surface area contributed by atoms with E-state index in [2.05, 4.69) is 5.32 Å². The Labute approximate surface area is 140 Å². The number of nitro groups is 1. The number of carbonyl (C=O) groups is 1. The topological polar surface area (TPSA) is 81.5 Å². The number of nitrogens with zero attached hydrogens (tertiary/aromatic N) is 1. The zero-order valence-corrected chi connectivity index (χ0v) is 13.9. The maximum absolute atomic E-state index is 12.4. The second-order valence-corrected chi connectivity index (χ2v) is 5.56. The lowest BCUT2D eigenvalue weighted by atomic mass is 10.1. The van der Waals surface area contributed by atoms with Gasteiger partial charge in [0.05, 0.1) is 4.92 Å². The fourth-order valence-electron chi connectivity index (χ4n) is 2.19. The van der Waals surface area contributed by atoms with E-state index in [0.717, 1.165) is 11.1 Å². The third-order valence-electron chi connectivity index (χ3n) is 3.74. The zero-order valence-electron chi connectivity index (χ0n) is 13.9. The van der Waals surface area contributed by atoms with Crippen LogP contribution in [0.3, 0.4) is 0 Å². The summed E-state index contributed by atoms with van der Waals surface area (Å²) >= 11 is 0. The summed E-state index contributed by atoms with van der Waals surface area (Å²) in [5, 5.41) is 13.5. The molecule has 0 saturated carbocycles. The summed E-state index contributed by atoms with van der Waals surface area (Å²) in [6.07, 6.45) is -0.195. The van der Waals surface area contributed by atoms with Crippen molar-refractivity contribution >= 4 is 17.3 Å². The van der Waals surface area contributed by atoms with E-state index in [1.54, 1.807) is 6.07 Å². The average Bonchev–Trinajstić information content (AvgIpc) is 2.55. The number of ether oxygens (including phenoxy) is 1. The smallest absolute Gasteiger partial charge is 0.271 e. The molecule has 0 aromatic heterocycles. The molecule has 6 nitrogen and oxygen atoms in total. The summed E-state index contributed by atoms with van der Waals surface area (Å²) in [7, 11) is 0. The number of hydrogen-bond acceptors (Lipinski definition) is 4. The quantitative estimate of drug-likeness (QED) is 0.641. The molecule has 0 fully saturated rings. The van der Waals surface area contributed by atoms with Crippen LogP contribution >= 0.6 is 0 Å². The van der Waals surface area contributed by atoms with Gasteiger partial charge in [-0.2, -0.15) is 0 Å². The lowest BCUT2D eigenvalue weighted by Crippen LogP contribution is -2.32. The average molecular weight is 328 g/mol. The molecule has 2 aromatic rings. The van der Waals surface area contributed by atoms with Crippen molar-refractivity contribution in [3.8, 4) is 5.75 Å². The molecule has 24 heavy (non-hydrogen) atoms. The van der Waals surface area contributed by atoms with Crippen molar-refractivity contribution < 1.29 is 14.5 Å². The molecule has 1 unspecified atom stereocenters. The van der Waals surface area contributed by atoms with Crippen LogP contribution < -0.4 is 10.1 Å². The van der Waals surface area contributed by atoms with Crippen molar-refractivity contribution in [1.82, 2.24) is 0 Å². The molecule has 1 N–H and O–H groups in total. The van der Waals surface area contributed by atoms with Crippen LogP contribution in [-0.4, -0.2) is 16.9 Å². The van der Waals surface area contributed by atoms with Crippen LogP contribution in [0.2, 0.25) is 0 Å². The lowest BCUT2D eigenvalue weighted by Gasteiger charge is -2.18. The van der Waals surface area contributed by atoms with Crippen molar-refractivity contribution in [2.24, 2.45) is 0 Å². The van der Waals surface area contributed by atoms with Crippen molar-refractivity contribution in [3.05, 3.63) is 63.7 Å². The number of nitrogens with one attached hydrogen (secondary N) is 1. The summed E-state index contributed by atoms with van der Waals surface area (Å²) in [6, 6.07) is 11.5. The molecule has 2 aromatic carbocycles.